The standard InChI is InChI=1S/C9H8ClIO2/c10-7-2-3-8(11)6(5-7)1-4-9(12)13/h2-3,5H,1,4H2,(H,12,13). The summed E-state index contributed by atoms with van der Waals surface area (Å²) in [4.78, 5) is 10.3. The Balaban J connectivity index is 2.75. The molecule has 0 bridgehead atoms. The van der Waals surface area contributed by atoms with Crippen molar-refractivity contribution >= 4 is 40.2 Å². The molecule has 1 aromatic rings. The van der Waals surface area contributed by atoms with Gasteiger partial charge in [0.05, 0.1) is 0 Å². The maximum atomic E-state index is 10.3. The van der Waals surface area contributed by atoms with E-state index in [1.54, 1.807) is 6.07 Å². The molecule has 2 nitrogen and oxygen atoms in total. The van der Waals surface area contributed by atoms with Gasteiger partial charge in [0.25, 0.3) is 0 Å². The second-order valence-corrected chi connectivity index (χ2v) is 4.23. The molecule has 0 aliphatic rings. The molecule has 0 atom stereocenters. The van der Waals surface area contributed by atoms with Crippen LogP contribution in [-0.2, 0) is 11.2 Å². The largest absolute Gasteiger partial charge is 0.481 e. The van der Waals surface area contributed by atoms with Crippen molar-refractivity contribution in [1.82, 2.24) is 0 Å². The molecule has 4 heteroatoms. The van der Waals surface area contributed by atoms with Gasteiger partial charge in [-0.1, -0.05) is 11.6 Å². The van der Waals surface area contributed by atoms with E-state index < -0.39 is 5.97 Å². The molecular weight excluding hydrogens is 302 g/mol. The number of benzene rings is 1. The molecule has 0 aliphatic heterocycles. The molecule has 0 heterocycles. The molecular formula is C9H8ClIO2. The summed E-state index contributed by atoms with van der Waals surface area (Å²) in [5.41, 5.74) is 0.996. The molecule has 1 rings (SSSR count). The van der Waals surface area contributed by atoms with Gasteiger partial charge >= 0.3 is 5.97 Å². The number of carboxylic acid groups (broad SMARTS) is 1. The number of hydrogen-bond donors (Lipinski definition) is 1. The van der Waals surface area contributed by atoms with Crippen LogP contribution in [0.4, 0.5) is 0 Å². The molecule has 0 fully saturated rings. The van der Waals surface area contributed by atoms with E-state index in [0.717, 1.165) is 9.13 Å². The molecule has 0 spiro atoms. The van der Waals surface area contributed by atoms with Gasteiger partial charge < -0.3 is 5.11 Å². The fourth-order valence-corrected chi connectivity index (χ4v) is 1.78. The first kappa shape index (κ1) is 10.8. The van der Waals surface area contributed by atoms with Crippen LogP contribution in [0.5, 0.6) is 0 Å². The minimum Gasteiger partial charge on any atom is -0.481 e. The summed E-state index contributed by atoms with van der Waals surface area (Å²) in [5.74, 6) is -0.782. The highest BCUT2D eigenvalue weighted by Gasteiger charge is 2.03. The Morgan fingerprint density at radius 2 is 2.23 bits per heavy atom. The lowest BCUT2D eigenvalue weighted by Crippen LogP contribution is -1.98. The Hall–Kier alpha value is -0.290. The summed E-state index contributed by atoms with van der Waals surface area (Å²) in [6, 6.07) is 5.50. The first-order valence-electron chi connectivity index (χ1n) is 3.75. The van der Waals surface area contributed by atoms with Crippen LogP contribution in [0.15, 0.2) is 18.2 Å². The molecule has 0 radical (unpaired) electrons. The summed E-state index contributed by atoms with van der Waals surface area (Å²) in [5, 5.41) is 9.15. The molecule has 0 aromatic heterocycles. The maximum absolute atomic E-state index is 10.3. The zero-order chi connectivity index (χ0) is 9.84. The van der Waals surface area contributed by atoms with Crippen LogP contribution in [0.3, 0.4) is 0 Å². The number of rotatable bonds is 3. The normalized spacial score (nSPS) is 10.0. The highest BCUT2D eigenvalue weighted by atomic mass is 127. The third-order valence-corrected chi connectivity index (χ3v) is 2.90. The van der Waals surface area contributed by atoms with Crippen molar-refractivity contribution in [2.24, 2.45) is 0 Å². The molecule has 70 valence electrons. The van der Waals surface area contributed by atoms with E-state index in [2.05, 4.69) is 22.6 Å². The van der Waals surface area contributed by atoms with E-state index in [1.807, 2.05) is 12.1 Å². The number of carboxylic acids is 1. The van der Waals surface area contributed by atoms with Gasteiger partial charge in [0, 0.05) is 15.0 Å². The lowest BCUT2D eigenvalue weighted by Gasteiger charge is -2.02. The SMILES string of the molecule is O=C(O)CCc1cc(Cl)ccc1I. The van der Waals surface area contributed by atoms with Gasteiger partial charge in [0.15, 0.2) is 0 Å². The minimum atomic E-state index is -0.782. The van der Waals surface area contributed by atoms with Crippen molar-refractivity contribution in [2.75, 3.05) is 0 Å². The third-order valence-electron chi connectivity index (χ3n) is 1.62. The number of aryl methyl sites for hydroxylation is 1. The summed E-state index contributed by atoms with van der Waals surface area (Å²) >= 11 is 7.95. The quantitative estimate of drug-likeness (QED) is 0.872. The van der Waals surface area contributed by atoms with Gasteiger partial charge in [0.1, 0.15) is 0 Å². The number of carbonyl (C=O) groups is 1. The van der Waals surface area contributed by atoms with Gasteiger partial charge in [-0.15, -0.1) is 0 Å². The highest BCUT2D eigenvalue weighted by molar-refractivity contribution is 14.1. The van der Waals surface area contributed by atoms with Gasteiger partial charge in [-0.2, -0.15) is 0 Å². The summed E-state index contributed by atoms with van der Waals surface area (Å²) < 4.78 is 1.06. The van der Waals surface area contributed by atoms with E-state index in [0.29, 0.717) is 11.4 Å². The van der Waals surface area contributed by atoms with E-state index in [4.69, 9.17) is 16.7 Å². The Labute approximate surface area is 95.0 Å². The fraction of sp³-hybridized carbons (Fsp3) is 0.222. The Morgan fingerprint density at radius 3 is 2.85 bits per heavy atom. The Kier molecular flexibility index (Phi) is 3.99. The zero-order valence-corrected chi connectivity index (χ0v) is 9.67. The monoisotopic (exact) mass is 310 g/mol. The van der Waals surface area contributed by atoms with Crippen LogP contribution >= 0.6 is 34.2 Å². The molecule has 0 saturated carbocycles. The second kappa shape index (κ2) is 4.81. The van der Waals surface area contributed by atoms with Crippen LogP contribution in [-0.4, -0.2) is 11.1 Å². The molecule has 0 saturated heterocycles. The van der Waals surface area contributed by atoms with Gasteiger partial charge in [-0.25, -0.2) is 0 Å². The van der Waals surface area contributed by atoms with E-state index in [-0.39, 0.29) is 6.42 Å². The van der Waals surface area contributed by atoms with Crippen molar-refractivity contribution in [2.45, 2.75) is 12.8 Å². The van der Waals surface area contributed by atoms with Crippen LogP contribution < -0.4 is 0 Å². The average Bonchev–Trinajstić information content (AvgIpc) is 2.06. The van der Waals surface area contributed by atoms with Gasteiger partial charge in [0.2, 0.25) is 0 Å². The molecule has 13 heavy (non-hydrogen) atoms. The Morgan fingerprint density at radius 1 is 1.54 bits per heavy atom. The molecule has 1 aromatic carbocycles. The maximum Gasteiger partial charge on any atom is 0.303 e. The van der Waals surface area contributed by atoms with Crippen molar-refractivity contribution in [1.29, 1.82) is 0 Å². The molecule has 0 unspecified atom stereocenters. The third kappa shape index (κ3) is 3.52. The smallest absolute Gasteiger partial charge is 0.303 e. The van der Waals surface area contributed by atoms with Crippen molar-refractivity contribution in [3.63, 3.8) is 0 Å². The lowest BCUT2D eigenvalue weighted by atomic mass is 10.1. The van der Waals surface area contributed by atoms with Crippen molar-refractivity contribution < 1.29 is 9.90 Å². The second-order valence-electron chi connectivity index (χ2n) is 2.63. The first-order valence-corrected chi connectivity index (χ1v) is 5.21. The van der Waals surface area contributed by atoms with E-state index in [9.17, 15) is 4.79 Å². The molecule has 0 aliphatic carbocycles. The summed E-state index contributed by atoms with van der Waals surface area (Å²) in [6.07, 6.45) is 0.685. The lowest BCUT2D eigenvalue weighted by molar-refractivity contribution is -0.136. The molecule has 0 amide bonds. The highest BCUT2D eigenvalue weighted by Crippen LogP contribution is 2.19. The van der Waals surface area contributed by atoms with Gasteiger partial charge in [-0.05, 0) is 52.8 Å². The van der Waals surface area contributed by atoms with Crippen molar-refractivity contribution in [3.8, 4) is 0 Å². The van der Waals surface area contributed by atoms with E-state index >= 15 is 0 Å². The van der Waals surface area contributed by atoms with Crippen LogP contribution in [0.2, 0.25) is 5.02 Å². The van der Waals surface area contributed by atoms with Crippen molar-refractivity contribution in [3.05, 3.63) is 32.4 Å². The van der Waals surface area contributed by atoms with Crippen LogP contribution in [0.25, 0.3) is 0 Å². The average molecular weight is 311 g/mol. The predicted molar refractivity (Wildman–Crippen MR) is 60.1 cm³/mol. The predicted octanol–water partition coefficient (Wildman–Crippen LogP) is 2.96. The summed E-state index contributed by atoms with van der Waals surface area (Å²) in [7, 11) is 0. The minimum absolute atomic E-state index is 0.149. The fourth-order valence-electron chi connectivity index (χ4n) is 0.976. The topological polar surface area (TPSA) is 37.3 Å². The van der Waals surface area contributed by atoms with Crippen LogP contribution in [0.1, 0.15) is 12.0 Å². The first-order chi connectivity index (χ1) is 6.09. The zero-order valence-electron chi connectivity index (χ0n) is 6.76. The summed E-state index contributed by atoms with van der Waals surface area (Å²) in [6.45, 7) is 0. The number of halogens is 2. The number of aliphatic carboxylic acids is 1. The van der Waals surface area contributed by atoms with Gasteiger partial charge in [-0.3, -0.25) is 4.79 Å². The van der Waals surface area contributed by atoms with Crippen LogP contribution in [0, 0.1) is 3.57 Å². The van der Waals surface area contributed by atoms with E-state index in [1.165, 1.54) is 0 Å². The molecule has 1 N–H and O–H groups in total. The number of hydrogen-bond acceptors (Lipinski definition) is 1. The Bertz CT molecular complexity index is 325.